The van der Waals surface area contributed by atoms with Crippen molar-refractivity contribution in [1.82, 2.24) is 4.90 Å². The van der Waals surface area contributed by atoms with Crippen molar-refractivity contribution in [3.8, 4) is 0 Å². The van der Waals surface area contributed by atoms with Crippen molar-refractivity contribution >= 4 is 17.6 Å². The number of nitrogens with zero attached hydrogens (tertiary/aromatic N) is 1. The van der Waals surface area contributed by atoms with E-state index < -0.39 is 11.8 Å². The number of imide groups is 1. The highest BCUT2D eigenvalue weighted by molar-refractivity contribution is 6.23. The van der Waals surface area contributed by atoms with Gasteiger partial charge in [0.2, 0.25) is 0 Å². The van der Waals surface area contributed by atoms with Crippen LogP contribution in [0.1, 0.15) is 74.7 Å². The largest absolute Gasteiger partial charge is 0.292 e. The lowest BCUT2D eigenvalue weighted by atomic mass is 9.84. The van der Waals surface area contributed by atoms with Crippen molar-refractivity contribution in [3.63, 3.8) is 0 Å². The van der Waals surface area contributed by atoms with Crippen LogP contribution in [0.15, 0.2) is 48.5 Å². The van der Waals surface area contributed by atoms with E-state index >= 15 is 0 Å². The highest BCUT2D eigenvalue weighted by Crippen LogP contribution is 2.32. The lowest BCUT2D eigenvalue weighted by Gasteiger charge is -2.22. The van der Waals surface area contributed by atoms with E-state index in [0.717, 1.165) is 4.90 Å². The van der Waals surface area contributed by atoms with Crippen molar-refractivity contribution < 1.29 is 14.4 Å². The summed E-state index contributed by atoms with van der Waals surface area (Å²) in [7, 11) is 0. The average Bonchev–Trinajstić information content (AvgIpc) is 2.94. The molecule has 2 amide bonds. The molecule has 2 aromatic rings. The summed E-state index contributed by atoms with van der Waals surface area (Å²) in [5.74, 6) is -0.408. The van der Waals surface area contributed by atoms with Gasteiger partial charge in [0.25, 0.3) is 11.8 Å². The summed E-state index contributed by atoms with van der Waals surface area (Å²) in [5.41, 5.74) is 2.57. The zero-order valence-electron chi connectivity index (χ0n) is 14.6. The van der Waals surface area contributed by atoms with E-state index in [-0.39, 0.29) is 12.3 Å². The maximum Gasteiger partial charge on any atom is 0.261 e. The first-order chi connectivity index (χ1) is 12.6. The van der Waals surface area contributed by atoms with Crippen LogP contribution in [0.3, 0.4) is 0 Å². The van der Waals surface area contributed by atoms with Crippen molar-refractivity contribution in [3.05, 3.63) is 70.8 Å². The van der Waals surface area contributed by atoms with E-state index in [1.165, 1.54) is 37.7 Å². The zero-order valence-corrected chi connectivity index (χ0v) is 14.6. The summed E-state index contributed by atoms with van der Waals surface area (Å²) in [6.07, 6.45) is 6.27. The molecule has 132 valence electrons. The van der Waals surface area contributed by atoms with Gasteiger partial charge in [0.15, 0.2) is 5.78 Å². The lowest BCUT2D eigenvalue weighted by molar-refractivity contribution is 0.0624. The van der Waals surface area contributed by atoms with Crippen LogP contribution in [-0.4, -0.2) is 29.0 Å². The van der Waals surface area contributed by atoms with Gasteiger partial charge < -0.3 is 0 Å². The Labute approximate surface area is 152 Å². The first kappa shape index (κ1) is 16.7. The predicted molar refractivity (Wildman–Crippen MR) is 98.4 cm³/mol. The average molecular weight is 347 g/mol. The predicted octanol–water partition coefficient (Wildman–Crippen LogP) is 4.21. The number of benzene rings is 2. The molecule has 0 unspecified atom stereocenters. The quantitative estimate of drug-likeness (QED) is 0.615. The van der Waals surface area contributed by atoms with Crippen molar-refractivity contribution in [2.24, 2.45) is 0 Å². The second-order valence-electron chi connectivity index (χ2n) is 7.12. The zero-order chi connectivity index (χ0) is 18.1. The smallest absolute Gasteiger partial charge is 0.261 e. The fourth-order valence-electron chi connectivity index (χ4n) is 3.99. The Kier molecular flexibility index (Phi) is 4.41. The molecule has 4 rings (SSSR count). The van der Waals surface area contributed by atoms with Crippen molar-refractivity contribution in [2.75, 3.05) is 6.54 Å². The van der Waals surface area contributed by atoms with Gasteiger partial charge in [0, 0.05) is 5.56 Å². The molecule has 2 aliphatic rings. The molecule has 0 saturated heterocycles. The number of Topliss-reactive ketones (excluding diaryl/α,β-unsaturated/α-hetero) is 1. The number of carbonyl (C=O) groups is 3. The molecule has 0 N–H and O–H groups in total. The molecule has 0 atom stereocenters. The molecule has 1 aliphatic carbocycles. The fraction of sp³-hybridized carbons (Fsp3) is 0.318. The van der Waals surface area contributed by atoms with Gasteiger partial charge >= 0.3 is 0 Å². The molecule has 4 nitrogen and oxygen atoms in total. The number of rotatable bonds is 4. The summed E-state index contributed by atoms with van der Waals surface area (Å²) in [6.45, 7) is -0.213. The second kappa shape index (κ2) is 6.87. The standard InChI is InChI=1S/C22H21NO3/c24-20(14-23-21(25)18-8-4-5-9-19(18)22(23)26)17-12-10-16(11-13-17)15-6-2-1-3-7-15/h4-5,8-13,15H,1-3,6-7,14H2. The maximum atomic E-state index is 12.6. The number of hydrogen-bond donors (Lipinski definition) is 0. The molecule has 0 spiro atoms. The molecule has 2 aromatic carbocycles. The van der Waals surface area contributed by atoms with Crippen LogP contribution in [0.25, 0.3) is 0 Å². The minimum absolute atomic E-state index is 0.213. The Morgan fingerprint density at radius 2 is 1.42 bits per heavy atom. The highest BCUT2D eigenvalue weighted by Gasteiger charge is 2.36. The van der Waals surface area contributed by atoms with Crippen LogP contribution in [0.2, 0.25) is 0 Å². The molecule has 1 saturated carbocycles. The van der Waals surface area contributed by atoms with Gasteiger partial charge in [-0.15, -0.1) is 0 Å². The molecule has 1 fully saturated rings. The Morgan fingerprint density at radius 1 is 0.846 bits per heavy atom. The molecule has 0 bridgehead atoms. The maximum absolute atomic E-state index is 12.6. The molecule has 0 radical (unpaired) electrons. The van der Waals surface area contributed by atoms with Crippen LogP contribution < -0.4 is 0 Å². The Bertz CT molecular complexity index is 828. The number of amides is 2. The van der Waals surface area contributed by atoms with Crippen LogP contribution in [0, 0.1) is 0 Å². The summed E-state index contributed by atoms with van der Waals surface area (Å²) >= 11 is 0. The Balaban J connectivity index is 1.47. The van der Waals surface area contributed by atoms with E-state index in [4.69, 9.17) is 0 Å². The molecule has 26 heavy (non-hydrogen) atoms. The monoisotopic (exact) mass is 347 g/mol. The van der Waals surface area contributed by atoms with Gasteiger partial charge in [0.1, 0.15) is 0 Å². The topological polar surface area (TPSA) is 54.5 Å². The lowest BCUT2D eigenvalue weighted by Crippen LogP contribution is -2.34. The van der Waals surface area contributed by atoms with Crippen molar-refractivity contribution in [2.45, 2.75) is 38.0 Å². The van der Waals surface area contributed by atoms with Gasteiger partial charge in [0.05, 0.1) is 17.7 Å². The summed E-state index contributed by atoms with van der Waals surface area (Å²) in [5, 5.41) is 0. The van der Waals surface area contributed by atoms with Gasteiger partial charge in [-0.2, -0.15) is 0 Å². The van der Waals surface area contributed by atoms with Gasteiger partial charge in [-0.1, -0.05) is 55.7 Å². The van der Waals surface area contributed by atoms with Crippen molar-refractivity contribution in [1.29, 1.82) is 0 Å². The van der Waals surface area contributed by atoms with E-state index in [9.17, 15) is 14.4 Å². The molecule has 4 heteroatoms. The van der Waals surface area contributed by atoms with Gasteiger partial charge in [-0.3, -0.25) is 19.3 Å². The van der Waals surface area contributed by atoms with E-state index in [1.54, 1.807) is 24.3 Å². The molecule has 1 aliphatic heterocycles. The summed E-state index contributed by atoms with van der Waals surface area (Å²) in [4.78, 5) is 38.4. The van der Waals surface area contributed by atoms with E-state index in [2.05, 4.69) is 0 Å². The Morgan fingerprint density at radius 3 is 2.00 bits per heavy atom. The highest BCUT2D eigenvalue weighted by atomic mass is 16.2. The molecule has 0 aromatic heterocycles. The number of hydrogen-bond acceptors (Lipinski definition) is 3. The fourth-order valence-corrected chi connectivity index (χ4v) is 3.99. The van der Waals surface area contributed by atoms with E-state index in [0.29, 0.717) is 22.6 Å². The molecular formula is C22H21NO3. The normalized spacial score (nSPS) is 17.5. The second-order valence-corrected chi connectivity index (χ2v) is 7.12. The third-order valence-corrected chi connectivity index (χ3v) is 5.49. The Hall–Kier alpha value is -2.75. The third kappa shape index (κ3) is 2.96. The SMILES string of the molecule is O=C(CN1C(=O)c2ccccc2C1=O)c1ccc(C2CCCCC2)cc1. The van der Waals surface area contributed by atoms with Gasteiger partial charge in [-0.05, 0) is 36.5 Å². The summed E-state index contributed by atoms with van der Waals surface area (Å²) in [6, 6.07) is 14.4. The van der Waals surface area contributed by atoms with Crippen LogP contribution >= 0.6 is 0 Å². The molecular weight excluding hydrogens is 326 g/mol. The first-order valence-electron chi connectivity index (χ1n) is 9.23. The number of carbonyl (C=O) groups excluding carboxylic acids is 3. The minimum Gasteiger partial charge on any atom is -0.292 e. The first-order valence-corrected chi connectivity index (χ1v) is 9.23. The van der Waals surface area contributed by atoms with Crippen LogP contribution in [0.4, 0.5) is 0 Å². The van der Waals surface area contributed by atoms with Gasteiger partial charge in [-0.25, -0.2) is 0 Å². The number of ketones is 1. The minimum atomic E-state index is -0.391. The van der Waals surface area contributed by atoms with Crippen LogP contribution in [0.5, 0.6) is 0 Å². The van der Waals surface area contributed by atoms with E-state index in [1.807, 2.05) is 24.3 Å². The number of fused-ring (bicyclic) bond motifs is 1. The van der Waals surface area contributed by atoms with Crippen LogP contribution in [-0.2, 0) is 0 Å². The summed E-state index contributed by atoms with van der Waals surface area (Å²) < 4.78 is 0. The molecule has 1 heterocycles. The third-order valence-electron chi connectivity index (χ3n) is 5.49.